The normalized spacial score (nSPS) is 16.2. The first-order valence-corrected chi connectivity index (χ1v) is 10.5. The zero-order chi connectivity index (χ0) is 17.1. The van der Waals surface area contributed by atoms with Gasteiger partial charge in [0.1, 0.15) is 0 Å². The number of thiazole rings is 1. The monoisotopic (exact) mass is 354 g/mol. The lowest BCUT2D eigenvalue weighted by molar-refractivity contribution is 0.0953. The summed E-state index contributed by atoms with van der Waals surface area (Å²) in [6, 6.07) is 6.22. The number of benzene rings is 1. The molecule has 0 unspecified atom stereocenters. The van der Waals surface area contributed by atoms with E-state index in [1.807, 2.05) is 17.4 Å². The van der Waals surface area contributed by atoms with Crippen LogP contribution in [-0.2, 0) is 32.1 Å². The average Bonchev–Trinajstić information content (AvgIpc) is 3.07. The van der Waals surface area contributed by atoms with E-state index in [4.69, 9.17) is 4.98 Å². The highest BCUT2D eigenvalue weighted by atomic mass is 32.1. The maximum absolute atomic E-state index is 12.4. The van der Waals surface area contributed by atoms with E-state index in [-0.39, 0.29) is 5.91 Å². The van der Waals surface area contributed by atoms with Crippen LogP contribution in [0.15, 0.2) is 18.2 Å². The summed E-state index contributed by atoms with van der Waals surface area (Å²) in [7, 11) is 0. The van der Waals surface area contributed by atoms with Gasteiger partial charge in [0.05, 0.1) is 10.7 Å². The molecule has 1 N–H and O–H groups in total. The quantitative estimate of drug-likeness (QED) is 0.815. The van der Waals surface area contributed by atoms with E-state index in [0.29, 0.717) is 0 Å². The van der Waals surface area contributed by atoms with Crippen molar-refractivity contribution in [3.63, 3.8) is 0 Å². The molecule has 4 heteroatoms. The van der Waals surface area contributed by atoms with Crippen LogP contribution in [0.25, 0.3) is 0 Å². The molecule has 2 aliphatic rings. The molecule has 0 radical (unpaired) electrons. The number of rotatable bonds is 5. The molecule has 0 aliphatic heterocycles. The largest absolute Gasteiger partial charge is 0.352 e. The van der Waals surface area contributed by atoms with Gasteiger partial charge in [-0.25, -0.2) is 4.98 Å². The topological polar surface area (TPSA) is 42.0 Å². The zero-order valence-corrected chi connectivity index (χ0v) is 15.6. The number of carbonyl (C=O) groups is 1. The number of aryl methyl sites for hydroxylation is 5. The zero-order valence-electron chi connectivity index (χ0n) is 14.8. The van der Waals surface area contributed by atoms with Crippen molar-refractivity contribution in [3.8, 4) is 0 Å². The Morgan fingerprint density at radius 1 is 1.04 bits per heavy atom. The lowest BCUT2D eigenvalue weighted by atomic mass is 9.90. The first-order chi connectivity index (χ1) is 12.3. The summed E-state index contributed by atoms with van der Waals surface area (Å²) in [5.41, 5.74) is 4.94. The third kappa shape index (κ3) is 3.95. The number of nitrogens with zero attached hydrogens (tertiary/aromatic N) is 1. The second-order valence-corrected chi connectivity index (χ2v) is 8.40. The molecule has 0 fully saturated rings. The minimum absolute atomic E-state index is 0.0619. The van der Waals surface area contributed by atoms with Crippen LogP contribution in [0.4, 0.5) is 0 Å². The molecule has 1 aromatic heterocycles. The molecular formula is C21H26N2OS. The van der Waals surface area contributed by atoms with E-state index in [2.05, 4.69) is 17.4 Å². The van der Waals surface area contributed by atoms with Gasteiger partial charge in [0.15, 0.2) is 0 Å². The summed E-state index contributed by atoms with van der Waals surface area (Å²) in [4.78, 5) is 18.7. The van der Waals surface area contributed by atoms with E-state index < -0.39 is 0 Å². The van der Waals surface area contributed by atoms with Gasteiger partial charge >= 0.3 is 0 Å². The van der Waals surface area contributed by atoms with Gasteiger partial charge in [-0.15, -0.1) is 11.3 Å². The maximum Gasteiger partial charge on any atom is 0.251 e. The van der Waals surface area contributed by atoms with Crippen LogP contribution in [0, 0.1) is 0 Å². The molecular weight excluding hydrogens is 328 g/mol. The van der Waals surface area contributed by atoms with Crippen molar-refractivity contribution in [2.75, 3.05) is 6.54 Å². The molecule has 0 atom stereocenters. The highest BCUT2D eigenvalue weighted by molar-refractivity contribution is 7.11. The van der Waals surface area contributed by atoms with Gasteiger partial charge < -0.3 is 5.32 Å². The molecule has 4 rings (SSSR count). The fourth-order valence-corrected chi connectivity index (χ4v) is 5.13. The second kappa shape index (κ2) is 7.69. The van der Waals surface area contributed by atoms with Gasteiger partial charge in [0, 0.05) is 23.4 Å². The van der Waals surface area contributed by atoms with E-state index in [0.717, 1.165) is 44.2 Å². The minimum atomic E-state index is 0.0619. The Labute approximate surface area is 153 Å². The molecule has 2 aliphatic carbocycles. The van der Waals surface area contributed by atoms with E-state index in [9.17, 15) is 4.79 Å². The number of carbonyl (C=O) groups excluding carboxylic acids is 1. The summed E-state index contributed by atoms with van der Waals surface area (Å²) < 4.78 is 0. The third-order valence-electron chi connectivity index (χ3n) is 5.35. The van der Waals surface area contributed by atoms with Crippen LogP contribution in [0.5, 0.6) is 0 Å². The van der Waals surface area contributed by atoms with Crippen LogP contribution < -0.4 is 5.32 Å². The molecule has 132 valence electrons. The molecule has 0 spiro atoms. The van der Waals surface area contributed by atoms with Gasteiger partial charge in [-0.2, -0.15) is 0 Å². The van der Waals surface area contributed by atoms with Gasteiger partial charge in [0.25, 0.3) is 5.91 Å². The fraction of sp³-hybridized carbons (Fsp3) is 0.524. The molecule has 0 saturated heterocycles. The van der Waals surface area contributed by atoms with Gasteiger partial charge in [-0.05, 0) is 81.0 Å². The van der Waals surface area contributed by atoms with E-state index in [1.54, 1.807) is 0 Å². The van der Waals surface area contributed by atoms with Crippen LogP contribution in [0.1, 0.15) is 69.2 Å². The Bertz CT molecular complexity index is 742. The molecule has 3 nitrogen and oxygen atoms in total. The Morgan fingerprint density at radius 2 is 1.84 bits per heavy atom. The Hall–Kier alpha value is -1.68. The number of amides is 1. The lowest BCUT2D eigenvalue weighted by Crippen LogP contribution is -2.25. The number of aromatic nitrogens is 1. The molecule has 0 bridgehead atoms. The fourth-order valence-electron chi connectivity index (χ4n) is 3.93. The van der Waals surface area contributed by atoms with Crippen molar-refractivity contribution in [2.45, 2.75) is 64.2 Å². The standard InChI is InChI=1S/C21H26N2OS/c24-21(17-12-11-15-6-1-2-7-16(15)14-17)22-13-5-10-20-23-18-8-3-4-9-19(18)25-20/h11-12,14H,1-10,13H2,(H,22,24). The summed E-state index contributed by atoms with van der Waals surface area (Å²) in [6.45, 7) is 0.722. The van der Waals surface area contributed by atoms with E-state index in [1.165, 1.54) is 58.8 Å². The molecule has 1 aromatic carbocycles. The molecule has 1 heterocycles. The van der Waals surface area contributed by atoms with Crippen molar-refractivity contribution in [2.24, 2.45) is 0 Å². The van der Waals surface area contributed by atoms with Crippen molar-refractivity contribution in [3.05, 3.63) is 50.5 Å². The summed E-state index contributed by atoms with van der Waals surface area (Å²) in [5.74, 6) is 0.0619. The highest BCUT2D eigenvalue weighted by Crippen LogP contribution is 2.27. The molecule has 25 heavy (non-hydrogen) atoms. The Kier molecular flexibility index (Phi) is 5.16. The van der Waals surface area contributed by atoms with Crippen LogP contribution in [0.3, 0.4) is 0 Å². The van der Waals surface area contributed by atoms with E-state index >= 15 is 0 Å². The predicted octanol–water partition coefficient (Wildman–Crippen LogP) is 4.26. The summed E-state index contributed by atoms with van der Waals surface area (Å²) in [6.07, 6.45) is 11.7. The van der Waals surface area contributed by atoms with Crippen molar-refractivity contribution < 1.29 is 4.79 Å². The maximum atomic E-state index is 12.4. The molecule has 1 amide bonds. The van der Waals surface area contributed by atoms with Crippen LogP contribution in [-0.4, -0.2) is 17.4 Å². The Morgan fingerprint density at radius 3 is 2.72 bits per heavy atom. The number of hydrogen-bond donors (Lipinski definition) is 1. The van der Waals surface area contributed by atoms with Gasteiger partial charge in [-0.1, -0.05) is 6.07 Å². The first kappa shape index (κ1) is 16.8. The van der Waals surface area contributed by atoms with Crippen LogP contribution in [0.2, 0.25) is 0 Å². The lowest BCUT2D eigenvalue weighted by Gasteiger charge is -2.16. The summed E-state index contributed by atoms with van der Waals surface area (Å²) in [5, 5.41) is 4.32. The summed E-state index contributed by atoms with van der Waals surface area (Å²) >= 11 is 1.88. The Balaban J connectivity index is 1.27. The predicted molar refractivity (Wildman–Crippen MR) is 102 cm³/mol. The molecule has 2 aromatic rings. The average molecular weight is 355 g/mol. The third-order valence-corrected chi connectivity index (χ3v) is 6.57. The number of hydrogen-bond acceptors (Lipinski definition) is 3. The smallest absolute Gasteiger partial charge is 0.251 e. The SMILES string of the molecule is O=C(NCCCc1nc2c(s1)CCCC2)c1ccc2c(c1)CCCC2. The number of nitrogens with one attached hydrogen (secondary N) is 1. The van der Waals surface area contributed by atoms with Crippen molar-refractivity contribution in [1.29, 1.82) is 0 Å². The van der Waals surface area contributed by atoms with Gasteiger partial charge in [-0.3, -0.25) is 4.79 Å². The molecule has 0 saturated carbocycles. The second-order valence-electron chi connectivity index (χ2n) is 7.23. The van der Waals surface area contributed by atoms with Crippen LogP contribution >= 0.6 is 11.3 Å². The van der Waals surface area contributed by atoms with Gasteiger partial charge in [0.2, 0.25) is 0 Å². The van der Waals surface area contributed by atoms with Crippen molar-refractivity contribution in [1.82, 2.24) is 10.3 Å². The van der Waals surface area contributed by atoms with Crippen molar-refractivity contribution >= 4 is 17.2 Å². The number of fused-ring (bicyclic) bond motifs is 2. The minimum Gasteiger partial charge on any atom is -0.352 e. The first-order valence-electron chi connectivity index (χ1n) is 9.67. The highest BCUT2D eigenvalue weighted by Gasteiger charge is 2.15.